The highest BCUT2D eigenvalue weighted by molar-refractivity contribution is 6.35. The maximum Gasteiger partial charge on any atom is 0.355 e. The Morgan fingerprint density at radius 3 is 2.52 bits per heavy atom. The predicted octanol–water partition coefficient (Wildman–Crippen LogP) is 4.24. The van der Waals surface area contributed by atoms with E-state index in [0.29, 0.717) is 6.07 Å². The van der Waals surface area contributed by atoms with Gasteiger partial charge in [-0.25, -0.2) is 22.9 Å². The topological polar surface area (TPSA) is 86.1 Å². The second kappa shape index (κ2) is 8.18. The first-order chi connectivity index (χ1) is 14.4. The predicted molar refractivity (Wildman–Crippen MR) is 109 cm³/mol. The summed E-state index contributed by atoms with van der Waals surface area (Å²) in [6.07, 6.45) is 0.836. The molecule has 0 spiro atoms. The summed E-state index contributed by atoms with van der Waals surface area (Å²) in [6, 6.07) is 1.53. The zero-order valence-corrected chi connectivity index (χ0v) is 17.8. The van der Waals surface area contributed by atoms with Crippen molar-refractivity contribution in [3.8, 4) is 5.95 Å². The molecule has 0 radical (unpaired) electrons. The molecule has 2 aromatic heterocycles. The van der Waals surface area contributed by atoms with Gasteiger partial charge in [0.05, 0.1) is 23.7 Å². The Morgan fingerprint density at radius 1 is 1.23 bits per heavy atom. The van der Waals surface area contributed by atoms with Gasteiger partial charge in [-0.15, -0.1) is 0 Å². The molecule has 3 rings (SSSR count). The lowest BCUT2D eigenvalue weighted by molar-refractivity contribution is 0.0516. The number of halogens is 4. The summed E-state index contributed by atoms with van der Waals surface area (Å²) in [5.74, 6) is -5.05. The van der Waals surface area contributed by atoms with Crippen LogP contribution in [0.4, 0.5) is 19.0 Å². The molecule has 0 saturated heterocycles. The summed E-state index contributed by atoms with van der Waals surface area (Å²) in [7, 11) is 0. The van der Waals surface area contributed by atoms with Gasteiger partial charge in [-0.2, -0.15) is 4.98 Å². The molecular weight excluding hydrogens is 437 g/mol. The lowest BCUT2D eigenvalue weighted by atomic mass is 10.1. The fraction of sp³-hybridized carbons (Fsp3) is 0.300. The molecule has 0 unspecified atom stereocenters. The van der Waals surface area contributed by atoms with E-state index in [1.54, 1.807) is 27.7 Å². The third-order valence-corrected chi connectivity index (χ3v) is 4.39. The number of carbonyl (C=O) groups excluding carboxylic acids is 1. The number of hydrogen-bond acceptors (Lipinski definition) is 6. The van der Waals surface area contributed by atoms with E-state index in [9.17, 15) is 22.8 Å². The summed E-state index contributed by atoms with van der Waals surface area (Å²) < 4.78 is 48.4. The van der Waals surface area contributed by atoms with E-state index in [1.165, 1.54) is 0 Å². The van der Waals surface area contributed by atoms with Crippen LogP contribution in [0.15, 0.2) is 23.1 Å². The maximum atomic E-state index is 14.3. The molecule has 31 heavy (non-hydrogen) atoms. The van der Waals surface area contributed by atoms with Crippen LogP contribution in [0.2, 0.25) is 5.02 Å². The van der Waals surface area contributed by atoms with Gasteiger partial charge in [0.15, 0.2) is 28.7 Å². The van der Waals surface area contributed by atoms with Gasteiger partial charge in [-0.3, -0.25) is 9.36 Å². The summed E-state index contributed by atoms with van der Waals surface area (Å²) in [6.45, 7) is 6.81. The van der Waals surface area contributed by atoms with Gasteiger partial charge in [0.2, 0.25) is 5.95 Å². The number of nitrogens with zero attached hydrogens (tertiary/aromatic N) is 3. The van der Waals surface area contributed by atoms with Crippen molar-refractivity contribution in [1.82, 2.24) is 14.5 Å². The second-order valence-electron chi connectivity index (χ2n) is 7.57. The van der Waals surface area contributed by atoms with Crippen molar-refractivity contribution in [3.05, 3.63) is 56.7 Å². The number of benzene rings is 1. The third kappa shape index (κ3) is 4.34. The number of aromatic nitrogens is 3. The quantitative estimate of drug-likeness (QED) is 0.469. The van der Waals surface area contributed by atoms with Gasteiger partial charge >= 0.3 is 5.97 Å². The molecule has 0 aliphatic rings. The van der Waals surface area contributed by atoms with Crippen LogP contribution in [0.1, 0.15) is 38.2 Å². The van der Waals surface area contributed by atoms with Crippen LogP contribution in [-0.4, -0.2) is 32.7 Å². The average Bonchev–Trinajstić information content (AvgIpc) is 2.67. The molecule has 1 aromatic carbocycles. The lowest BCUT2D eigenvalue weighted by Gasteiger charge is -2.22. The van der Waals surface area contributed by atoms with Gasteiger partial charge in [0.25, 0.3) is 0 Å². The van der Waals surface area contributed by atoms with E-state index < -0.39 is 39.4 Å². The van der Waals surface area contributed by atoms with Crippen LogP contribution >= 0.6 is 11.6 Å². The number of rotatable bonds is 4. The van der Waals surface area contributed by atoms with E-state index in [1.807, 2.05) is 0 Å². The second-order valence-corrected chi connectivity index (χ2v) is 7.95. The summed E-state index contributed by atoms with van der Waals surface area (Å²) in [4.78, 5) is 33.0. The zero-order valence-electron chi connectivity index (χ0n) is 17.0. The smallest absolute Gasteiger partial charge is 0.355 e. The number of fused-ring (bicyclic) bond motifs is 1. The number of hydrogen-bond donors (Lipinski definition) is 1. The number of ether oxygens (including phenoxy) is 1. The molecule has 0 fully saturated rings. The number of pyridine rings is 1. The van der Waals surface area contributed by atoms with Crippen LogP contribution in [0.3, 0.4) is 0 Å². The number of anilines is 1. The van der Waals surface area contributed by atoms with Crippen LogP contribution in [0, 0.1) is 17.5 Å². The first kappa shape index (κ1) is 22.5. The Hall–Kier alpha value is -3.14. The van der Waals surface area contributed by atoms with E-state index in [4.69, 9.17) is 16.3 Å². The standard InChI is InChI=1S/C20H18ClF3N4O3/c1-5-31-18(30)12-7-13(29)9-6-10(22)15(24)14(21)16(9)28(12)19-25-8-11(23)17(26-19)27-20(2,3)4/h6-8H,5H2,1-4H3,(H,25,26,27). The number of carbonyl (C=O) groups is 1. The van der Waals surface area contributed by atoms with E-state index >= 15 is 0 Å². The normalized spacial score (nSPS) is 11.6. The van der Waals surface area contributed by atoms with Gasteiger partial charge in [-0.05, 0) is 33.8 Å². The minimum atomic E-state index is -1.43. The Kier molecular flexibility index (Phi) is 5.95. The van der Waals surface area contributed by atoms with Crippen molar-refractivity contribution in [2.24, 2.45) is 0 Å². The monoisotopic (exact) mass is 454 g/mol. The van der Waals surface area contributed by atoms with Crippen LogP contribution < -0.4 is 10.7 Å². The zero-order chi connectivity index (χ0) is 23.1. The molecule has 0 amide bonds. The average molecular weight is 455 g/mol. The summed E-state index contributed by atoms with van der Waals surface area (Å²) in [5, 5.41) is 1.75. The Bertz CT molecular complexity index is 1260. The summed E-state index contributed by atoms with van der Waals surface area (Å²) >= 11 is 6.02. The largest absolute Gasteiger partial charge is 0.461 e. The molecule has 2 heterocycles. The van der Waals surface area contributed by atoms with Gasteiger partial charge in [-0.1, -0.05) is 11.6 Å². The van der Waals surface area contributed by atoms with Crippen molar-refractivity contribution in [1.29, 1.82) is 0 Å². The first-order valence-corrected chi connectivity index (χ1v) is 9.54. The highest BCUT2D eigenvalue weighted by atomic mass is 35.5. The highest BCUT2D eigenvalue weighted by Gasteiger charge is 2.25. The molecule has 11 heteroatoms. The Labute approximate surface area is 179 Å². The van der Waals surface area contributed by atoms with Crippen LogP contribution in [0.5, 0.6) is 0 Å². The third-order valence-electron chi connectivity index (χ3n) is 4.04. The molecule has 0 aliphatic carbocycles. The fourth-order valence-corrected chi connectivity index (χ4v) is 3.13. The minimum Gasteiger partial charge on any atom is -0.461 e. The Morgan fingerprint density at radius 2 is 1.90 bits per heavy atom. The van der Waals surface area contributed by atoms with E-state index in [2.05, 4.69) is 15.3 Å². The van der Waals surface area contributed by atoms with Gasteiger partial charge in [0.1, 0.15) is 10.7 Å². The van der Waals surface area contributed by atoms with Crippen molar-refractivity contribution in [3.63, 3.8) is 0 Å². The lowest BCUT2D eigenvalue weighted by Crippen LogP contribution is -2.28. The molecule has 0 bridgehead atoms. The number of nitrogens with one attached hydrogen (secondary N) is 1. The fourth-order valence-electron chi connectivity index (χ4n) is 2.85. The van der Waals surface area contributed by atoms with Crippen molar-refractivity contribution in [2.45, 2.75) is 33.2 Å². The van der Waals surface area contributed by atoms with Gasteiger partial charge in [0, 0.05) is 11.6 Å². The Balaban J connectivity index is 2.45. The number of esters is 1. The van der Waals surface area contributed by atoms with E-state index in [-0.39, 0.29) is 35.0 Å². The SMILES string of the molecule is CCOC(=O)c1cc(=O)c2cc(F)c(F)c(Cl)c2n1-c1ncc(F)c(NC(C)(C)C)n1. The minimum absolute atomic E-state index is 0.0301. The molecular formula is C20H18ClF3N4O3. The molecule has 0 saturated carbocycles. The van der Waals surface area contributed by atoms with Crippen LogP contribution in [0.25, 0.3) is 16.9 Å². The molecule has 0 aliphatic heterocycles. The van der Waals surface area contributed by atoms with Crippen molar-refractivity contribution < 1.29 is 22.7 Å². The molecule has 0 atom stereocenters. The van der Waals surface area contributed by atoms with E-state index in [0.717, 1.165) is 16.8 Å². The van der Waals surface area contributed by atoms with Crippen molar-refractivity contribution >= 4 is 34.3 Å². The molecule has 7 nitrogen and oxygen atoms in total. The highest BCUT2D eigenvalue weighted by Crippen LogP contribution is 2.30. The molecule has 3 aromatic rings. The maximum absolute atomic E-state index is 14.3. The first-order valence-electron chi connectivity index (χ1n) is 9.16. The van der Waals surface area contributed by atoms with Gasteiger partial charge < -0.3 is 10.1 Å². The van der Waals surface area contributed by atoms with Crippen molar-refractivity contribution in [2.75, 3.05) is 11.9 Å². The molecule has 164 valence electrons. The summed E-state index contributed by atoms with van der Waals surface area (Å²) in [5.41, 5.74) is -2.13. The van der Waals surface area contributed by atoms with Crippen LogP contribution in [-0.2, 0) is 4.74 Å². The molecule has 1 N–H and O–H groups in total.